The highest BCUT2D eigenvalue weighted by atomic mass is 16.6. The maximum Gasteiger partial charge on any atom is 0.306 e. The molecule has 0 amide bonds. The summed E-state index contributed by atoms with van der Waals surface area (Å²) in [5.74, 6) is -1.08. The fourth-order valence-electron chi connectivity index (χ4n) is 5.40. The van der Waals surface area contributed by atoms with Crippen LogP contribution in [0.3, 0.4) is 0 Å². The second kappa shape index (κ2) is 47.0. The molecule has 0 aliphatic heterocycles. The Labute approximate surface area is 366 Å². The van der Waals surface area contributed by atoms with Crippen molar-refractivity contribution in [2.75, 3.05) is 13.2 Å². The van der Waals surface area contributed by atoms with Gasteiger partial charge in [-0.15, -0.1) is 0 Å². The Morgan fingerprint density at radius 2 is 0.700 bits per heavy atom. The molecule has 0 heterocycles. The molecule has 0 saturated heterocycles. The molecule has 0 aromatic heterocycles. The molecule has 0 rings (SSSR count). The molecule has 6 nitrogen and oxygen atoms in total. The summed E-state index contributed by atoms with van der Waals surface area (Å²) in [6.07, 6.45) is 66.9. The zero-order valence-corrected chi connectivity index (χ0v) is 37.6. The van der Waals surface area contributed by atoms with E-state index in [-0.39, 0.29) is 31.6 Å². The average molecular weight is 825 g/mol. The predicted octanol–water partition coefficient (Wildman–Crippen LogP) is 14.9. The van der Waals surface area contributed by atoms with Crippen molar-refractivity contribution in [1.82, 2.24) is 0 Å². The standard InChI is InChI=1S/C54H80O6/c1-4-7-10-13-16-19-22-25-26-27-30-32-35-38-41-44-47-53(56)59-50-51(60-54(57)48-45-42-39-36-33-29-24-21-18-15-12-9-6-3)49-58-52(55)46-43-40-37-34-31-28-23-20-17-14-11-8-5-2/h7-12,14-21,23-26,29-30,32-33,36,39,51H,4-6,13,22,27-28,31,34-35,37-38,40-50H2,1-3H3/b10-7-,11-8-,12-9-,17-14-,18-15-,19-16-,23-20-,24-21-,26-25-,32-30-,33-29-,39-36-. The quantitative estimate of drug-likeness (QED) is 0.0203. The van der Waals surface area contributed by atoms with Gasteiger partial charge >= 0.3 is 17.9 Å². The summed E-state index contributed by atoms with van der Waals surface area (Å²) in [7, 11) is 0. The summed E-state index contributed by atoms with van der Waals surface area (Å²) < 4.78 is 16.6. The molecule has 1 atom stereocenters. The van der Waals surface area contributed by atoms with Crippen LogP contribution in [0.1, 0.15) is 156 Å². The maximum atomic E-state index is 12.7. The highest BCUT2D eigenvalue weighted by molar-refractivity contribution is 5.71. The lowest BCUT2D eigenvalue weighted by molar-refractivity contribution is -0.167. The van der Waals surface area contributed by atoms with Crippen molar-refractivity contribution in [2.24, 2.45) is 0 Å². The van der Waals surface area contributed by atoms with Crippen LogP contribution in [-0.2, 0) is 28.6 Å². The van der Waals surface area contributed by atoms with Crippen LogP contribution in [0.25, 0.3) is 0 Å². The monoisotopic (exact) mass is 825 g/mol. The van der Waals surface area contributed by atoms with E-state index in [1.807, 2.05) is 60.8 Å². The van der Waals surface area contributed by atoms with E-state index in [1.54, 1.807) is 0 Å². The second-order valence-corrected chi connectivity index (χ2v) is 14.3. The van der Waals surface area contributed by atoms with Gasteiger partial charge in [-0.2, -0.15) is 0 Å². The first-order valence-electron chi connectivity index (χ1n) is 22.9. The number of rotatable bonds is 38. The summed E-state index contributed by atoms with van der Waals surface area (Å²) in [5.41, 5.74) is 0. The average Bonchev–Trinajstić information content (AvgIpc) is 3.24. The Hall–Kier alpha value is -4.71. The summed E-state index contributed by atoms with van der Waals surface area (Å²) in [6.45, 7) is 6.09. The first-order chi connectivity index (χ1) is 29.5. The van der Waals surface area contributed by atoms with Gasteiger partial charge < -0.3 is 14.2 Å². The molecule has 60 heavy (non-hydrogen) atoms. The van der Waals surface area contributed by atoms with Crippen LogP contribution < -0.4 is 0 Å². The number of carbonyl (C=O) groups is 3. The Morgan fingerprint density at radius 3 is 1.20 bits per heavy atom. The van der Waals surface area contributed by atoms with Crippen LogP contribution in [0.4, 0.5) is 0 Å². The fourth-order valence-corrected chi connectivity index (χ4v) is 5.40. The zero-order chi connectivity index (χ0) is 43.7. The molecule has 1 unspecified atom stereocenters. The molecular formula is C54H80O6. The largest absolute Gasteiger partial charge is 0.462 e. The van der Waals surface area contributed by atoms with E-state index in [4.69, 9.17) is 14.2 Å². The number of ether oxygens (including phenoxy) is 3. The third kappa shape index (κ3) is 44.4. The van der Waals surface area contributed by atoms with Crippen LogP contribution in [-0.4, -0.2) is 37.2 Å². The van der Waals surface area contributed by atoms with Gasteiger partial charge in [0.25, 0.3) is 0 Å². The molecule has 0 fully saturated rings. The molecule has 0 aliphatic rings. The number of esters is 3. The lowest BCUT2D eigenvalue weighted by Gasteiger charge is -2.18. The van der Waals surface area contributed by atoms with Crippen LogP contribution >= 0.6 is 0 Å². The number of allylic oxidation sites excluding steroid dienone is 24. The van der Waals surface area contributed by atoms with E-state index in [1.165, 1.54) is 0 Å². The van der Waals surface area contributed by atoms with Crippen LogP contribution in [0.5, 0.6) is 0 Å². The molecule has 0 bridgehead atoms. The Balaban J connectivity index is 4.62. The minimum absolute atomic E-state index is 0.135. The van der Waals surface area contributed by atoms with Gasteiger partial charge in [0.05, 0.1) is 0 Å². The molecular weight excluding hydrogens is 745 g/mol. The molecule has 6 heteroatoms. The van der Waals surface area contributed by atoms with E-state index >= 15 is 0 Å². The predicted molar refractivity (Wildman–Crippen MR) is 255 cm³/mol. The van der Waals surface area contributed by atoms with E-state index in [9.17, 15) is 14.4 Å². The molecule has 0 radical (unpaired) electrons. The lowest BCUT2D eigenvalue weighted by Crippen LogP contribution is -2.30. The third-order valence-corrected chi connectivity index (χ3v) is 8.76. The van der Waals surface area contributed by atoms with Gasteiger partial charge in [-0.05, 0) is 89.9 Å². The van der Waals surface area contributed by atoms with Gasteiger partial charge in [0.2, 0.25) is 0 Å². The summed E-state index contributed by atoms with van der Waals surface area (Å²) in [5, 5.41) is 0. The van der Waals surface area contributed by atoms with Crippen molar-refractivity contribution in [3.05, 3.63) is 146 Å². The van der Waals surface area contributed by atoms with Crippen molar-refractivity contribution in [1.29, 1.82) is 0 Å². The van der Waals surface area contributed by atoms with E-state index in [2.05, 4.69) is 106 Å². The summed E-state index contributed by atoms with van der Waals surface area (Å²) in [6, 6.07) is 0. The zero-order valence-electron chi connectivity index (χ0n) is 37.6. The summed E-state index contributed by atoms with van der Waals surface area (Å²) in [4.78, 5) is 37.8. The van der Waals surface area contributed by atoms with Gasteiger partial charge in [0.15, 0.2) is 6.10 Å². The minimum atomic E-state index is -0.842. The van der Waals surface area contributed by atoms with E-state index in [0.717, 1.165) is 103 Å². The van der Waals surface area contributed by atoms with Crippen LogP contribution in [0, 0.1) is 0 Å². The van der Waals surface area contributed by atoms with Crippen molar-refractivity contribution in [2.45, 2.75) is 162 Å². The smallest absolute Gasteiger partial charge is 0.306 e. The lowest BCUT2D eigenvalue weighted by atomic mass is 10.1. The first-order valence-corrected chi connectivity index (χ1v) is 22.9. The Kier molecular flexibility index (Phi) is 43.3. The highest BCUT2D eigenvalue weighted by Gasteiger charge is 2.19. The highest BCUT2D eigenvalue weighted by Crippen LogP contribution is 2.11. The molecule has 0 aromatic carbocycles. The SMILES string of the molecule is CC\C=C/C=C\C=C/C=C\C=C/CCCC(=O)OC(COC(=O)CCCCC/C=C\C/C=C\C/C=C\C/C=C\CC)COC(=O)CCCCCCC\C=C/C=C\C=C/CC. The molecule has 0 N–H and O–H groups in total. The van der Waals surface area contributed by atoms with Crippen molar-refractivity contribution in [3.8, 4) is 0 Å². The molecule has 0 aliphatic carbocycles. The summed E-state index contributed by atoms with van der Waals surface area (Å²) >= 11 is 0. The number of hydrogen-bond acceptors (Lipinski definition) is 6. The fraction of sp³-hybridized carbons (Fsp3) is 0.500. The molecule has 332 valence electrons. The number of hydrogen-bond donors (Lipinski definition) is 0. The van der Waals surface area contributed by atoms with Gasteiger partial charge in [0.1, 0.15) is 13.2 Å². The molecule has 0 aromatic rings. The van der Waals surface area contributed by atoms with Gasteiger partial charge in [-0.3, -0.25) is 14.4 Å². The second-order valence-electron chi connectivity index (χ2n) is 14.3. The molecule has 0 spiro atoms. The third-order valence-electron chi connectivity index (χ3n) is 8.76. The van der Waals surface area contributed by atoms with Crippen molar-refractivity contribution in [3.63, 3.8) is 0 Å². The number of unbranched alkanes of at least 4 members (excludes halogenated alkanes) is 9. The Morgan fingerprint density at radius 1 is 0.350 bits per heavy atom. The van der Waals surface area contributed by atoms with Crippen LogP contribution in [0.2, 0.25) is 0 Å². The van der Waals surface area contributed by atoms with Gasteiger partial charge in [0, 0.05) is 19.3 Å². The van der Waals surface area contributed by atoms with E-state index in [0.29, 0.717) is 25.7 Å². The topological polar surface area (TPSA) is 78.9 Å². The van der Waals surface area contributed by atoms with E-state index < -0.39 is 12.1 Å². The Bertz CT molecular complexity index is 1410. The van der Waals surface area contributed by atoms with Gasteiger partial charge in [-0.1, -0.05) is 192 Å². The van der Waals surface area contributed by atoms with Crippen LogP contribution in [0.15, 0.2) is 146 Å². The van der Waals surface area contributed by atoms with Crippen molar-refractivity contribution < 1.29 is 28.6 Å². The first kappa shape index (κ1) is 55.3. The van der Waals surface area contributed by atoms with Crippen molar-refractivity contribution >= 4 is 17.9 Å². The van der Waals surface area contributed by atoms with Gasteiger partial charge in [-0.25, -0.2) is 0 Å². The maximum absolute atomic E-state index is 12.7. The molecule has 0 saturated carbocycles. The number of carbonyl (C=O) groups excluding carboxylic acids is 3. The normalized spacial score (nSPS) is 13.4. The minimum Gasteiger partial charge on any atom is -0.462 e.